The monoisotopic (exact) mass is 281 g/mol. The molecule has 3 rings (SSSR count). The van der Waals surface area contributed by atoms with Gasteiger partial charge < -0.3 is 10.1 Å². The molecule has 2 heteroatoms. The Balaban J connectivity index is 1.80. The molecule has 2 nitrogen and oxygen atoms in total. The van der Waals surface area contributed by atoms with Crippen LogP contribution in [0.3, 0.4) is 0 Å². The van der Waals surface area contributed by atoms with Gasteiger partial charge in [0.05, 0.1) is 0 Å². The summed E-state index contributed by atoms with van der Waals surface area (Å²) in [7, 11) is 0. The zero-order chi connectivity index (χ0) is 14.7. The molecule has 1 saturated carbocycles. The van der Waals surface area contributed by atoms with Gasteiger partial charge in [-0.25, -0.2) is 0 Å². The normalized spacial score (nSPS) is 14.5. The summed E-state index contributed by atoms with van der Waals surface area (Å²) in [5, 5.41) is 6.27. The van der Waals surface area contributed by atoms with Gasteiger partial charge in [0.1, 0.15) is 5.78 Å². The fraction of sp³-hybridized carbons (Fsp3) is 0.421. The summed E-state index contributed by atoms with van der Waals surface area (Å²) in [6.07, 6.45) is 5.25. The number of ketones is 1. The minimum atomic E-state index is 0.284. The molecule has 0 heterocycles. The van der Waals surface area contributed by atoms with Crippen molar-refractivity contribution in [1.82, 2.24) is 5.32 Å². The Morgan fingerprint density at radius 2 is 2.05 bits per heavy atom. The molecule has 0 aliphatic heterocycles. The number of rotatable bonds is 7. The molecule has 110 valence electrons. The van der Waals surface area contributed by atoms with Gasteiger partial charge in [-0.3, -0.25) is 0 Å². The first-order valence-corrected chi connectivity index (χ1v) is 7.96. The van der Waals surface area contributed by atoms with E-state index in [0.717, 1.165) is 25.4 Å². The Morgan fingerprint density at radius 1 is 1.24 bits per heavy atom. The molecule has 2 aromatic rings. The van der Waals surface area contributed by atoms with Crippen LogP contribution in [0.15, 0.2) is 36.4 Å². The zero-order valence-electron chi connectivity index (χ0n) is 12.7. The Labute approximate surface area is 126 Å². The molecule has 1 aliphatic rings. The summed E-state index contributed by atoms with van der Waals surface area (Å²) in [4.78, 5) is 11.1. The smallest absolute Gasteiger partial charge is 0.129 e. The van der Waals surface area contributed by atoms with E-state index in [2.05, 4.69) is 41.7 Å². The molecule has 0 aromatic heterocycles. The van der Waals surface area contributed by atoms with E-state index in [9.17, 15) is 4.79 Å². The van der Waals surface area contributed by atoms with Gasteiger partial charge in [0, 0.05) is 19.0 Å². The predicted molar refractivity (Wildman–Crippen MR) is 87.4 cm³/mol. The fourth-order valence-electron chi connectivity index (χ4n) is 2.83. The summed E-state index contributed by atoms with van der Waals surface area (Å²) in [5.41, 5.74) is 2.74. The molecule has 0 amide bonds. The van der Waals surface area contributed by atoms with E-state index < -0.39 is 0 Å². The van der Waals surface area contributed by atoms with Crippen molar-refractivity contribution < 1.29 is 4.79 Å². The van der Waals surface area contributed by atoms with Crippen molar-refractivity contribution in [3.8, 4) is 0 Å². The maximum Gasteiger partial charge on any atom is 0.129 e. The molecule has 0 spiro atoms. The number of fused-ring (bicyclic) bond motifs is 1. The van der Waals surface area contributed by atoms with Gasteiger partial charge in [0.25, 0.3) is 0 Å². The Hall–Kier alpha value is -1.67. The molecular formula is C19H23NO. The lowest BCUT2D eigenvalue weighted by molar-refractivity contribution is -0.117. The quantitative estimate of drug-likeness (QED) is 0.831. The molecule has 0 atom stereocenters. The lowest BCUT2D eigenvalue weighted by atomic mass is 9.97. The number of Topliss-reactive ketones (excluding diaryl/α,β-unsaturated/α-hetero) is 1. The molecular weight excluding hydrogens is 258 g/mol. The van der Waals surface area contributed by atoms with Crippen molar-refractivity contribution in [1.29, 1.82) is 0 Å². The van der Waals surface area contributed by atoms with Crippen LogP contribution in [0.25, 0.3) is 10.8 Å². The number of hydrogen-bond acceptors (Lipinski definition) is 2. The summed E-state index contributed by atoms with van der Waals surface area (Å²) >= 11 is 0. The van der Waals surface area contributed by atoms with Crippen LogP contribution in [-0.4, -0.2) is 11.8 Å². The Bertz CT molecular complexity index is 643. The summed E-state index contributed by atoms with van der Waals surface area (Å²) in [6, 6.07) is 13.9. The lowest BCUT2D eigenvalue weighted by Gasteiger charge is -2.11. The number of nitrogens with one attached hydrogen (secondary N) is 1. The van der Waals surface area contributed by atoms with Crippen LogP contribution in [-0.2, 0) is 17.8 Å². The van der Waals surface area contributed by atoms with Crippen molar-refractivity contribution in [2.45, 2.75) is 51.6 Å². The topological polar surface area (TPSA) is 29.1 Å². The van der Waals surface area contributed by atoms with E-state index in [0.29, 0.717) is 6.42 Å². The average molecular weight is 281 g/mol. The van der Waals surface area contributed by atoms with E-state index in [1.165, 1.54) is 34.7 Å². The van der Waals surface area contributed by atoms with Crippen LogP contribution in [0, 0.1) is 0 Å². The summed E-state index contributed by atoms with van der Waals surface area (Å²) in [5.74, 6) is 0.284. The number of hydrogen-bond donors (Lipinski definition) is 1. The minimum absolute atomic E-state index is 0.284. The molecule has 0 radical (unpaired) electrons. The molecule has 0 saturated heterocycles. The molecule has 0 unspecified atom stereocenters. The number of benzene rings is 2. The van der Waals surface area contributed by atoms with E-state index in [4.69, 9.17) is 0 Å². The maximum atomic E-state index is 11.1. The number of aryl methyl sites for hydroxylation is 1. The fourth-order valence-corrected chi connectivity index (χ4v) is 2.83. The first-order valence-electron chi connectivity index (χ1n) is 7.96. The SMILES string of the molecule is CC(=O)CCCc1cc(CNC2CC2)c2ccccc2c1. The maximum absolute atomic E-state index is 11.1. The highest BCUT2D eigenvalue weighted by molar-refractivity contribution is 5.86. The second kappa shape index (κ2) is 6.40. The van der Waals surface area contributed by atoms with Crippen LogP contribution < -0.4 is 5.32 Å². The van der Waals surface area contributed by atoms with E-state index in [-0.39, 0.29) is 5.78 Å². The third-order valence-corrected chi connectivity index (χ3v) is 4.16. The molecule has 2 aromatic carbocycles. The van der Waals surface area contributed by atoms with Gasteiger partial charge in [0.15, 0.2) is 0 Å². The second-order valence-electron chi connectivity index (χ2n) is 6.19. The Kier molecular flexibility index (Phi) is 4.35. The van der Waals surface area contributed by atoms with Gasteiger partial charge in [-0.2, -0.15) is 0 Å². The number of carbonyl (C=O) groups excluding carboxylic acids is 1. The highest BCUT2D eigenvalue weighted by Gasteiger charge is 2.20. The van der Waals surface area contributed by atoms with Crippen molar-refractivity contribution in [2.75, 3.05) is 0 Å². The third-order valence-electron chi connectivity index (χ3n) is 4.16. The molecule has 1 N–H and O–H groups in total. The van der Waals surface area contributed by atoms with Crippen LogP contribution in [0.2, 0.25) is 0 Å². The van der Waals surface area contributed by atoms with Crippen LogP contribution in [0.4, 0.5) is 0 Å². The highest BCUT2D eigenvalue weighted by atomic mass is 16.1. The molecule has 0 bridgehead atoms. The van der Waals surface area contributed by atoms with E-state index in [1.54, 1.807) is 6.92 Å². The third kappa shape index (κ3) is 3.92. The number of carbonyl (C=O) groups is 1. The predicted octanol–water partition coefficient (Wildman–Crippen LogP) is 4.00. The van der Waals surface area contributed by atoms with Gasteiger partial charge >= 0.3 is 0 Å². The second-order valence-corrected chi connectivity index (χ2v) is 6.19. The molecule has 1 aliphatic carbocycles. The highest BCUT2D eigenvalue weighted by Crippen LogP contribution is 2.24. The Morgan fingerprint density at radius 3 is 2.81 bits per heavy atom. The van der Waals surface area contributed by atoms with E-state index in [1.807, 2.05) is 0 Å². The van der Waals surface area contributed by atoms with Crippen LogP contribution >= 0.6 is 0 Å². The van der Waals surface area contributed by atoms with Gasteiger partial charge in [-0.05, 0) is 54.5 Å². The van der Waals surface area contributed by atoms with Crippen molar-refractivity contribution in [2.24, 2.45) is 0 Å². The largest absolute Gasteiger partial charge is 0.310 e. The standard InChI is InChI=1S/C19H23NO/c1-14(21)5-4-6-15-11-16-7-2-3-8-19(16)17(12-15)13-20-18-9-10-18/h2-3,7-8,11-12,18,20H,4-6,9-10,13H2,1H3. The van der Waals surface area contributed by atoms with Gasteiger partial charge in [-0.15, -0.1) is 0 Å². The zero-order valence-corrected chi connectivity index (χ0v) is 12.7. The molecule has 21 heavy (non-hydrogen) atoms. The van der Waals surface area contributed by atoms with Gasteiger partial charge in [0.2, 0.25) is 0 Å². The first-order chi connectivity index (χ1) is 10.2. The lowest BCUT2D eigenvalue weighted by Crippen LogP contribution is -2.15. The minimum Gasteiger partial charge on any atom is -0.310 e. The molecule has 1 fully saturated rings. The van der Waals surface area contributed by atoms with E-state index >= 15 is 0 Å². The van der Waals surface area contributed by atoms with Crippen LogP contribution in [0.5, 0.6) is 0 Å². The van der Waals surface area contributed by atoms with Crippen molar-refractivity contribution in [3.05, 3.63) is 47.5 Å². The first kappa shape index (κ1) is 14.3. The summed E-state index contributed by atoms with van der Waals surface area (Å²) in [6.45, 7) is 2.62. The van der Waals surface area contributed by atoms with Gasteiger partial charge in [-0.1, -0.05) is 36.4 Å². The van der Waals surface area contributed by atoms with Crippen molar-refractivity contribution in [3.63, 3.8) is 0 Å². The van der Waals surface area contributed by atoms with Crippen molar-refractivity contribution >= 4 is 16.6 Å². The van der Waals surface area contributed by atoms with Crippen LogP contribution in [0.1, 0.15) is 43.7 Å². The summed E-state index contributed by atoms with van der Waals surface area (Å²) < 4.78 is 0. The average Bonchev–Trinajstić information content (AvgIpc) is 3.28.